The van der Waals surface area contributed by atoms with Crippen LogP contribution < -0.4 is 10.6 Å². The standard InChI is InChI=1S/C26H25N5O5/c1-2-36-26(35)21-13-14-30(29-21)17-9-7-16(8-10-17)28-22(32)15-27-24(33)23-19-5-3-4-6-20(19)25(34)31(23)18-11-12-18/h3-10,13-14,18,23H,2,11-12,15H2,1H3,(H,27,33)(H,28,32). The minimum atomic E-state index is -0.721. The molecule has 1 aromatic heterocycles. The number of nitrogens with one attached hydrogen (secondary N) is 2. The van der Waals surface area contributed by atoms with Crippen molar-refractivity contribution in [3.8, 4) is 5.69 Å². The Labute approximate surface area is 207 Å². The van der Waals surface area contributed by atoms with Crippen molar-refractivity contribution in [2.24, 2.45) is 0 Å². The maximum atomic E-state index is 13.0. The quantitative estimate of drug-likeness (QED) is 0.471. The Hall–Kier alpha value is -4.47. The molecule has 3 aromatic rings. The predicted octanol–water partition coefficient (Wildman–Crippen LogP) is 2.46. The number of amides is 3. The monoisotopic (exact) mass is 487 g/mol. The molecule has 2 heterocycles. The lowest BCUT2D eigenvalue weighted by atomic mass is 10.0. The van der Waals surface area contributed by atoms with Crippen molar-refractivity contribution in [2.45, 2.75) is 31.8 Å². The maximum absolute atomic E-state index is 13.0. The molecule has 2 N–H and O–H groups in total. The van der Waals surface area contributed by atoms with Gasteiger partial charge in [0.05, 0.1) is 18.8 Å². The number of nitrogens with zero attached hydrogens (tertiary/aromatic N) is 3. The highest BCUT2D eigenvalue weighted by atomic mass is 16.5. The second-order valence-corrected chi connectivity index (χ2v) is 8.61. The summed E-state index contributed by atoms with van der Waals surface area (Å²) in [6.45, 7) is 1.77. The molecule has 1 saturated carbocycles. The number of carbonyl (C=O) groups excluding carboxylic acids is 4. The molecule has 1 aliphatic heterocycles. The van der Waals surface area contributed by atoms with Crippen LogP contribution in [0.3, 0.4) is 0 Å². The molecular formula is C26H25N5O5. The minimum absolute atomic E-state index is 0.0659. The summed E-state index contributed by atoms with van der Waals surface area (Å²) >= 11 is 0. The van der Waals surface area contributed by atoms with Gasteiger partial charge in [-0.3, -0.25) is 14.4 Å². The molecule has 1 fully saturated rings. The first-order valence-corrected chi connectivity index (χ1v) is 11.8. The third-order valence-corrected chi connectivity index (χ3v) is 6.10. The van der Waals surface area contributed by atoms with Crippen LogP contribution in [0.25, 0.3) is 5.69 Å². The van der Waals surface area contributed by atoms with E-state index in [0.717, 1.165) is 12.8 Å². The first kappa shape index (κ1) is 23.3. The molecular weight excluding hydrogens is 462 g/mol. The van der Waals surface area contributed by atoms with E-state index >= 15 is 0 Å². The second-order valence-electron chi connectivity index (χ2n) is 8.61. The number of carbonyl (C=O) groups is 4. The summed E-state index contributed by atoms with van der Waals surface area (Å²) in [5.41, 5.74) is 2.66. The van der Waals surface area contributed by atoms with Crippen molar-refractivity contribution in [3.05, 3.63) is 77.6 Å². The number of esters is 1. The van der Waals surface area contributed by atoms with Gasteiger partial charge in [-0.1, -0.05) is 18.2 Å². The van der Waals surface area contributed by atoms with Gasteiger partial charge < -0.3 is 20.3 Å². The first-order valence-electron chi connectivity index (χ1n) is 11.8. The lowest BCUT2D eigenvalue weighted by Crippen LogP contribution is -2.42. The molecule has 1 aliphatic carbocycles. The van der Waals surface area contributed by atoms with Crippen molar-refractivity contribution >= 4 is 29.4 Å². The van der Waals surface area contributed by atoms with Crippen LogP contribution in [0, 0.1) is 0 Å². The highest BCUT2D eigenvalue weighted by molar-refractivity contribution is 6.05. The fourth-order valence-corrected chi connectivity index (χ4v) is 4.28. The van der Waals surface area contributed by atoms with Crippen LogP contribution in [0.2, 0.25) is 0 Å². The molecule has 2 aromatic carbocycles. The Kier molecular flexibility index (Phi) is 6.24. The summed E-state index contributed by atoms with van der Waals surface area (Å²) in [5.74, 6) is -1.39. The van der Waals surface area contributed by atoms with E-state index in [1.54, 1.807) is 72.6 Å². The number of fused-ring (bicyclic) bond motifs is 1. The van der Waals surface area contributed by atoms with E-state index in [4.69, 9.17) is 4.74 Å². The average molecular weight is 488 g/mol. The molecule has 10 heteroatoms. The number of benzene rings is 2. The smallest absolute Gasteiger partial charge is 0.358 e. The van der Waals surface area contributed by atoms with Crippen LogP contribution in [0.1, 0.15) is 52.2 Å². The Morgan fingerprint density at radius 2 is 1.81 bits per heavy atom. The molecule has 10 nitrogen and oxygen atoms in total. The maximum Gasteiger partial charge on any atom is 0.358 e. The van der Waals surface area contributed by atoms with E-state index in [2.05, 4.69) is 15.7 Å². The molecule has 0 bridgehead atoms. The zero-order chi connectivity index (χ0) is 25.2. The molecule has 184 valence electrons. The van der Waals surface area contributed by atoms with Crippen molar-refractivity contribution in [2.75, 3.05) is 18.5 Å². The predicted molar refractivity (Wildman–Crippen MR) is 130 cm³/mol. The van der Waals surface area contributed by atoms with Gasteiger partial charge in [-0.05, 0) is 61.7 Å². The van der Waals surface area contributed by atoms with E-state index in [9.17, 15) is 19.2 Å². The van der Waals surface area contributed by atoms with E-state index in [1.165, 1.54) is 4.68 Å². The number of anilines is 1. The van der Waals surface area contributed by atoms with Crippen LogP contribution in [-0.2, 0) is 14.3 Å². The van der Waals surface area contributed by atoms with Gasteiger partial charge in [0.15, 0.2) is 5.69 Å². The van der Waals surface area contributed by atoms with Crippen molar-refractivity contribution in [1.82, 2.24) is 20.0 Å². The summed E-state index contributed by atoms with van der Waals surface area (Å²) in [4.78, 5) is 51.7. The molecule has 5 rings (SSSR count). The molecule has 36 heavy (non-hydrogen) atoms. The normalized spacial score (nSPS) is 16.4. The van der Waals surface area contributed by atoms with Crippen molar-refractivity contribution in [1.29, 1.82) is 0 Å². The van der Waals surface area contributed by atoms with Crippen LogP contribution in [0.5, 0.6) is 0 Å². The SMILES string of the molecule is CCOC(=O)c1ccn(-c2ccc(NC(=O)CNC(=O)C3c4ccccc4C(=O)N3C3CC3)cc2)n1. The number of ether oxygens (including phenoxy) is 1. The Morgan fingerprint density at radius 3 is 2.53 bits per heavy atom. The van der Waals surface area contributed by atoms with Crippen LogP contribution >= 0.6 is 0 Å². The number of hydrogen-bond acceptors (Lipinski definition) is 6. The van der Waals surface area contributed by atoms with Gasteiger partial charge in [0.1, 0.15) is 6.04 Å². The number of hydrogen-bond donors (Lipinski definition) is 2. The summed E-state index contributed by atoms with van der Waals surface area (Å²) in [7, 11) is 0. The number of rotatable bonds is 8. The fraction of sp³-hybridized carbons (Fsp3) is 0.269. The van der Waals surface area contributed by atoms with Gasteiger partial charge in [0.2, 0.25) is 11.8 Å². The zero-order valence-electron chi connectivity index (χ0n) is 19.6. The Morgan fingerprint density at radius 1 is 1.06 bits per heavy atom. The van der Waals surface area contributed by atoms with Gasteiger partial charge in [-0.2, -0.15) is 5.10 Å². The van der Waals surface area contributed by atoms with E-state index in [0.29, 0.717) is 22.5 Å². The largest absolute Gasteiger partial charge is 0.461 e. The third-order valence-electron chi connectivity index (χ3n) is 6.10. The summed E-state index contributed by atoms with van der Waals surface area (Å²) in [6, 6.07) is 14.9. The minimum Gasteiger partial charge on any atom is -0.461 e. The molecule has 0 saturated heterocycles. The first-order chi connectivity index (χ1) is 17.5. The second kappa shape index (κ2) is 9.65. The average Bonchev–Trinajstić information content (AvgIpc) is 3.51. The van der Waals surface area contributed by atoms with Gasteiger partial charge in [-0.15, -0.1) is 0 Å². The van der Waals surface area contributed by atoms with Crippen LogP contribution in [0.4, 0.5) is 5.69 Å². The molecule has 0 spiro atoms. The van der Waals surface area contributed by atoms with Gasteiger partial charge in [-0.25, -0.2) is 9.48 Å². The van der Waals surface area contributed by atoms with Crippen molar-refractivity contribution < 1.29 is 23.9 Å². The third kappa shape index (κ3) is 4.57. The van der Waals surface area contributed by atoms with Crippen LogP contribution in [0.15, 0.2) is 60.8 Å². The highest BCUT2D eigenvalue weighted by Crippen LogP contribution is 2.41. The lowest BCUT2D eigenvalue weighted by molar-refractivity contribution is -0.127. The van der Waals surface area contributed by atoms with Gasteiger partial charge >= 0.3 is 5.97 Å². The molecule has 1 atom stereocenters. The van der Waals surface area contributed by atoms with Crippen LogP contribution in [-0.4, -0.2) is 57.6 Å². The summed E-state index contributed by atoms with van der Waals surface area (Å²) in [6.07, 6.45) is 3.40. The fourth-order valence-electron chi connectivity index (χ4n) is 4.28. The van der Waals surface area contributed by atoms with Crippen molar-refractivity contribution in [3.63, 3.8) is 0 Å². The highest BCUT2D eigenvalue weighted by Gasteiger charge is 2.47. The Bertz CT molecular complexity index is 1330. The summed E-state index contributed by atoms with van der Waals surface area (Å²) < 4.78 is 6.48. The van der Waals surface area contributed by atoms with Gasteiger partial charge in [0, 0.05) is 23.5 Å². The topological polar surface area (TPSA) is 123 Å². The van der Waals surface area contributed by atoms with E-state index < -0.39 is 17.9 Å². The van der Waals surface area contributed by atoms with E-state index in [1.807, 2.05) is 0 Å². The molecule has 3 amide bonds. The lowest BCUT2D eigenvalue weighted by Gasteiger charge is -2.24. The summed E-state index contributed by atoms with van der Waals surface area (Å²) in [5, 5.41) is 9.62. The number of aromatic nitrogens is 2. The zero-order valence-corrected chi connectivity index (χ0v) is 19.6. The van der Waals surface area contributed by atoms with Gasteiger partial charge in [0.25, 0.3) is 5.91 Å². The molecule has 2 aliphatic rings. The van der Waals surface area contributed by atoms with E-state index in [-0.39, 0.29) is 36.7 Å². The molecule has 0 radical (unpaired) electrons. The molecule has 1 unspecified atom stereocenters. The Balaban J connectivity index is 1.18.